The summed E-state index contributed by atoms with van der Waals surface area (Å²) in [5.41, 5.74) is 0.0425. The van der Waals surface area contributed by atoms with E-state index in [2.05, 4.69) is 15.2 Å². The Labute approximate surface area is 106 Å². The molecule has 1 aliphatic rings. The molecule has 98 valence electrons. The second kappa shape index (κ2) is 5.77. The molecule has 6 heteroatoms. The van der Waals surface area contributed by atoms with E-state index in [4.69, 9.17) is 0 Å². The van der Waals surface area contributed by atoms with E-state index in [1.807, 2.05) is 7.05 Å². The highest BCUT2D eigenvalue weighted by molar-refractivity contribution is 5.44. The van der Waals surface area contributed by atoms with E-state index in [0.29, 0.717) is 6.04 Å². The van der Waals surface area contributed by atoms with Crippen molar-refractivity contribution in [1.29, 1.82) is 0 Å². The van der Waals surface area contributed by atoms with E-state index < -0.39 is 4.92 Å². The van der Waals surface area contributed by atoms with Gasteiger partial charge in [0.15, 0.2) is 0 Å². The standard InChI is InChI=1S/C12H18N4O2/c1-13-8-10-4-2-3-7-15(10)12-6-5-11(9-14-12)16(17)18/h5-6,9-10,13H,2-4,7-8H2,1H3. The molecule has 0 bridgehead atoms. The summed E-state index contributed by atoms with van der Waals surface area (Å²) in [6.07, 6.45) is 4.86. The molecule has 0 aromatic carbocycles. The van der Waals surface area contributed by atoms with Crippen LogP contribution >= 0.6 is 0 Å². The van der Waals surface area contributed by atoms with Crippen molar-refractivity contribution >= 4 is 11.5 Å². The molecule has 6 nitrogen and oxygen atoms in total. The molecule has 0 saturated carbocycles. The van der Waals surface area contributed by atoms with Crippen LogP contribution in [0.2, 0.25) is 0 Å². The first-order chi connectivity index (χ1) is 8.72. The maximum Gasteiger partial charge on any atom is 0.287 e. The van der Waals surface area contributed by atoms with Crippen LogP contribution in [0.1, 0.15) is 19.3 Å². The lowest BCUT2D eigenvalue weighted by molar-refractivity contribution is -0.385. The minimum atomic E-state index is -0.419. The first kappa shape index (κ1) is 12.8. The van der Waals surface area contributed by atoms with Crippen LogP contribution in [0.5, 0.6) is 0 Å². The van der Waals surface area contributed by atoms with Crippen LogP contribution in [-0.2, 0) is 0 Å². The van der Waals surface area contributed by atoms with E-state index in [-0.39, 0.29) is 5.69 Å². The second-order valence-corrected chi connectivity index (χ2v) is 4.53. The molecule has 1 N–H and O–H groups in total. The summed E-state index contributed by atoms with van der Waals surface area (Å²) in [6, 6.07) is 3.69. The molecule has 1 aromatic rings. The molecule has 18 heavy (non-hydrogen) atoms. The first-order valence-corrected chi connectivity index (χ1v) is 6.24. The average Bonchev–Trinajstić information content (AvgIpc) is 2.40. The minimum absolute atomic E-state index is 0.0425. The highest BCUT2D eigenvalue weighted by atomic mass is 16.6. The third-order valence-corrected chi connectivity index (χ3v) is 3.30. The summed E-state index contributed by atoms with van der Waals surface area (Å²) < 4.78 is 0. The SMILES string of the molecule is CNCC1CCCCN1c1ccc([N+](=O)[O-])cn1. The van der Waals surface area contributed by atoms with Crippen molar-refractivity contribution < 1.29 is 4.92 Å². The Kier molecular flexibility index (Phi) is 4.09. The number of piperidine rings is 1. The predicted molar refractivity (Wildman–Crippen MR) is 69.8 cm³/mol. The van der Waals surface area contributed by atoms with Gasteiger partial charge < -0.3 is 10.2 Å². The Morgan fingerprint density at radius 1 is 1.56 bits per heavy atom. The molecule has 0 amide bonds. The minimum Gasteiger partial charge on any atom is -0.352 e. The van der Waals surface area contributed by atoms with Crippen LogP contribution < -0.4 is 10.2 Å². The number of nitrogens with zero attached hydrogens (tertiary/aromatic N) is 3. The molecule has 1 aromatic heterocycles. The fraction of sp³-hybridized carbons (Fsp3) is 0.583. The lowest BCUT2D eigenvalue weighted by Crippen LogP contribution is -2.45. The number of nitro groups is 1. The number of hydrogen-bond donors (Lipinski definition) is 1. The van der Waals surface area contributed by atoms with Crippen molar-refractivity contribution in [2.24, 2.45) is 0 Å². The molecule has 1 unspecified atom stereocenters. The largest absolute Gasteiger partial charge is 0.352 e. The third kappa shape index (κ3) is 2.76. The third-order valence-electron chi connectivity index (χ3n) is 3.30. The second-order valence-electron chi connectivity index (χ2n) is 4.53. The molecule has 0 radical (unpaired) electrons. The Morgan fingerprint density at radius 3 is 3.00 bits per heavy atom. The maximum atomic E-state index is 10.6. The fourth-order valence-corrected chi connectivity index (χ4v) is 2.41. The van der Waals surface area contributed by atoms with E-state index in [1.165, 1.54) is 18.7 Å². The molecule has 0 spiro atoms. The highest BCUT2D eigenvalue weighted by Crippen LogP contribution is 2.24. The van der Waals surface area contributed by atoms with Gasteiger partial charge in [-0.2, -0.15) is 0 Å². The van der Waals surface area contributed by atoms with Crippen LogP contribution in [0.25, 0.3) is 0 Å². The van der Waals surface area contributed by atoms with Crippen LogP contribution in [-0.4, -0.2) is 36.1 Å². The Morgan fingerprint density at radius 2 is 2.39 bits per heavy atom. The topological polar surface area (TPSA) is 71.3 Å². The summed E-state index contributed by atoms with van der Waals surface area (Å²) in [5.74, 6) is 0.834. The molecular weight excluding hydrogens is 232 g/mol. The first-order valence-electron chi connectivity index (χ1n) is 6.24. The molecule has 1 fully saturated rings. The summed E-state index contributed by atoms with van der Waals surface area (Å²) >= 11 is 0. The van der Waals surface area contributed by atoms with Gasteiger partial charge in [0.1, 0.15) is 12.0 Å². The number of aromatic nitrogens is 1. The number of pyridine rings is 1. The molecule has 0 aliphatic carbocycles. The highest BCUT2D eigenvalue weighted by Gasteiger charge is 2.23. The fourth-order valence-electron chi connectivity index (χ4n) is 2.41. The molecule has 1 saturated heterocycles. The molecule has 1 aliphatic heterocycles. The predicted octanol–water partition coefficient (Wildman–Crippen LogP) is 1.57. The van der Waals surface area contributed by atoms with E-state index in [0.717, 1.165) is 31.7 Å². The lowest BCUT2D eigenvalue weighted by Gasteiger charge is -2.36. The maximum absolute atomic E-state index is 10.6. The van der Waals surface area contributed by atoms with Crippen LogP contribution in [0.4, 0.5) is 11.5 Å². The van der Waals surface area contributed by atoms with Gasteiger partial charge in [-0.25, -0.2) is 4.98 Å². The normalized spacial score (nSPS) is 19.8. The van der Waals surface area contributed by atoms with Crippen molar-refractivity contribution in [3.8, 4) is 0 Å². The van der Waals surface area contributed by atoms with Crippen molar-refractivity contribution in [3.63, 3.8) is 0 Å². The zero-order valence-electron chi connectivity index (χ0n) is 10.5. The molecule has 2 rings (SSSR count). The number of anilines is 1. The van der Waals surface area contributed by atoms with Gasteiger partial charge in [-0.05, 0) is 32.4 Å². The Hall–Kier alpha value is -1.69. The van der Waals surface area contributed by atoms with Gasteiger partial charge in [-0.1, -0.05) is 0 Å². The smallest absolute Gasteiger partial charge is 0.287 e. The van der Waals surface area contributed by atoms with Gasteiger partial charge in [0, 0.05) is 25.2 Å². The van der Waals surface area contributed by atoms with Crippen molar-refractivity contribution in [3.05, 3.63) is 28.4 Å². The summed E-state index contributed by atoms with van der Waals surface area (Å²) in [6.45, 7) is 1.88. The van der Waals surface area contributed by atoms with Gasteiger partial charge in [-0.3, -0.25) is 10.1 Å². The zero-order chi connectivity index (χ0) is 13.0. The van der Waals surface area contributed by atoms with Gasteiger partial charge >= 0.3 is 0 Å². The Balaban J connectivity index is 2.15. The van der Waals surface area contributed by atoms with Gasteiger partial charge in [0.05, 0.1) is 4.92 Å². The van der Waals surface area contributed by atoms with Gasteiger partial charge in [0.25, 0.3) is 5.69 Å². The monoisotopic (exact) mass is 250 g/mol. The van der Waals surface area contributed by atoms with Crippen LogP contribution in [0.3, 0.4) is 0 Å². The van der Waals surface area contributed by atoms with Crippen LogP contribution in [0, 0.1) is 10.1 Å². The summed E-state index contributed by atoms with van der Waals surface area (Å²) in [7, 11) is 1.94. The number of rotatable bonds is 4. The number of likely N-dealkylation sites (N-methyl/N-ethyl adjacent to an activating group) is 1. The van der Waals surface area contributed by atoms with Gasteiger partial charge in [-0.15, -0.1) is 0 Å². The van der Waals surface area contributed by atoms with Gasteiger partial charge in [0.2, 0.25) is 0 Å². The number of hydrogen-bond acceptors (Lipinski definition) is 5. The lowest BCUT2D eigenvalue weighted by atomic mass is 10.0. The zero-order valence-corrected chi connectivity index (χ0v) is 10.5. The van der Waals surface area contributed by atoms with Crippen LogP contribution in [0.15, 0.2) is 18.3 Å². The molecular formula is C12H18N4O2. The molecule has 1 atom stereocenters. The molecule has 2 heterocycles. The number of nitrogens with one attached hydrogen (secondary N) is 1. The summed E-state index contributed by atoms with van der Waals surface area (Å²) in [4.78, 5) is 16.6. The van der Waals surface area contributed by atoms with E-state index in [9.17, 15) is 10.1 Å². The van der Waals surface area contributed by atoms with E-state index >= 15 is 0 Å². The average molecular weight is 250 g/mol. The van der Waals surface area contributed by atoms with E-state index in [1.54, 1.807) is 6.07 Å². The quantitative estimate of drug-likeness (QED) is 0.648. The Bertz CT molecular complexity index is 405. The van der Waals surface area contributed by atoms with Crippen molar-refractivity contribution in [1.82, 2.24) is 10.3 Å². The van der Waals surface area contributed by atoms with Crippen molar-refractivity contribution in [2.75, 3.05) is 25.0 Å². The van der Waals surface area contributed by atoms with Crippen molar-refractivity contribution in [2.45, 2.75) is 25.3 Å². The summed E-state index contributed by atoms with van der Waals surface area (Å²) in [5, 5.41) is 13.8.